The number of fused-ring (bicyclic) bond motifs is 2. The lowest BCUT2D eigenvalue weighted by molar-refractivity contribution is -0.157. The normalized spacial score (nSPS) is 16.8. The smallest absolute Gasteiger partial charge is 0.411 e. The van der Waals surface area contributed by atoms with Gasteiger partial charge >= 0.3 is 12.1 Å². The van der Waals surface area contributed by atoms with Gasteiger partial charge in [0.25, 0.3) is 0 Å². The molecule has 5 aromatic rings. The third-order valence-electron chi connectivity index (χ3n) is 9.85. The zero-order chi connectivity index (χ0) is 38.3. The second-order valence-electron chi connectivity index (χ2n) is 13.5. The third kappa shape index (κ3) is 8.50. The fourth-order valence-electron chi connectivity index (χ4n) is 7.15. The van der Waals surface area contributed by atoms with Crippen molar-refractivity contribution in [2.75, 3.05) is 25.0 Å². The highest BCUT2D eigenvalue weighted by Gasteiger charge is 2.52. The molecule has 0 bridgehead atoms. The highest BCUT2D eigenvalue weighted by molar-refractivity contribution is 5.92. The fourth-order valence-corrected chi connectivity index (χ4v) is 7.15. The molecule has 2 atom stereocenters. The summed E-state index contributed by atoms with van der Waals surface area (Å²) < 4.78 is 18.8. The van der Waals surface area contributed by atoms with Gasteiger partial charge in [0.15, 0.2) is 0 Å². The van der Waals surface area contributed by atoms with Crippen molar-refractivity contribution in [1.82, 2.24) is 25.1 Å². The molecule has 2 aliphatic rings. The number of nitrogens with zero attached hydrogens (tertiary/aromatic N) is 4. The maximum atomic E-state index is 14.5. The number of hydrazine groups is 1. The van der Waals surface area contributed by atoms with Gasteiger partial charge in [0.2, 0.25) is 11.8 Å². The van der Waals surface area contributed by atoms with Crippen molar-refractivity contribution in [3.63, 3.8) is 0 Å². The van der Waals surface area contributed by atoms with Crippen LogP contribution in [-0.4, -0.2) is 75.6 Å². The molecule has 7 rings (SSSR count). The Hall–Kier alpha value is -6.53. The van der Waals surface area contributed by atoms with Crippen LogP contribution in [0.5, 0.6) is 0 Å². The van der Waals surface area contributed by atoms with Crippen LogP contribution >= 0.6 is 0 Å². The molecule has 55 heavy (non-hydrogen) atoms. The molecule has 5 aromatic carbocycles. The Morgan fingerprint density at radius 3 is 2.33 bits per heavy atom. The SMILES string of the molecule is C=CCN(C(=O)NCc1ccc(F)cc1)N1CC(=O)N2[C@@H](Cc3ccc(NC(=O)OCc4ccccc4)cc3)C(=O)N(Cc3cccc4ccccc34)C[C@@H]21. The lowest BCUT2D eigenvalue weighted by Gasteiger charge is -2.46. The average Bonchev–Trinajstić information content (AvgIpc) is 3.53. The van der Waals surface area contributed by atoms with E-state index in [1.807, 2.05) is 84.9 Å². The minimum Gasteiger partial charge on any atom is -0.444 e. The largest absolute Gasteiger partial charge is 0.444 e. The molecule has 11 nitrogen and oxygen atoms in total. The molecule has 2 fully saturated rings. The number of amides is 5. The number of rotatable bonds is 12. The second kappa shape index (κ2) is 16.6. The maximum absolute atomic E-state index is 14.5. The molecule has 2 heterocycles. The van der Waals surface area contributed by atoms with Gasteiger partial charge in [0.05, 0.1) is 19.6 Å². The summed E-state index contributed by atoms with van der Waals surface area (Å²) in [4.78, 5) is 58.0. The molecule has 280 valence electrons. The highest BCUT2D eigenvalue weighted by atomic mass is 19.1. The van der Waals surface area contributed by atoms with E-state index in [2.05, 4.69) is 17.2 Å². The van der Waals surface area contributed by atoms with Gasteiger partial charge in [0, 0.05) is 25.2 Å². The first kappa shape index (κ1) is 36.8. The second-order valence-corrected chi connectivity index (χ2v) is 13.5. The number of anilines is 1. The summed E-state index contributed by atoms with van der Waals surface area (Å²) >= 11 is 0. The molecule has 2 aliphatic heterocycles. The van der Waals surface area contributed by atoms with Crippen molar-refractivity contribution < 1.29 is 28.3 Å². The molecule has 0 saturated carbocycles. The number of nitrogens with one attached hydrogen (secondary N) is 2. The quantitative estimate of drug-likeness (QED) is 0.142. The number of benzene rings is 5. The summed E-state index contributed by atoms with van der Waals surface area (Å²) in [6.07, 6.45) is 0.538. The molecular weight excluding hydrogens is 700 g/mol. The van der Waals surface area contributed by atoms with E-state index in [9.17, 15) is 23.6 Å². The maximum Gasteiger partial charge on any atom is 0.411 e. The predicted octanol–water partition coefficient (Wildman–Crippen LogP) is 6.46. The Balaban J connectivity index is 1.12. The van der Waals surface area contributed by atoms with Gasteiger partial charge in [-0.05, 0) is 57.3 Å². The monoisotopic (exact) mass is 740 g/mol. The molecule has 0 radical (unpaired) electrons. The van der Waals surface area contributed by atoms with E-state index in [0.29, 0.717) is 17.8 Å². The number of halogens is 1. The predicted molar refractivity (Wildman–Crippen MR) is 206 cm³/mol. The Morgan fingerprint density at radius 1 is 0.855 bits per heavy atom. The highest BCUT2D eigenvalue weighted by Crippen LogP contribution is 2.31. The molecule has 2 N–H and O–H groups in total. The van der Waals surface area contributed by atoms with Gasteiger partial charge in [0.1, 0.15) is 24.6 Å². The van der Waals surface area contributed by atoms with E-state index < -0.39 is 24.3 Å². The minimum absolute atomic E-state index is 0.108. The van der Waals surface area contributed by atoms with Crippen LogP contribution in [0.1, 0.15) is 22.3 Å². The summed E-state index contributed by atoms with van der Waals surface area (Å²) in [5, 5.41) is 10.8. The van der Waals surface area contributed by atoms with Crippen molar-refractivity contribution in [3.8, 4) is 0 Å². The Kier molecular flexibility index (Phi) is 11.1. The lowest BCUT2D eigenvalue weighted by Crippen LogP contribution is -2.66. The van der Waals surface area contributed by atoms with Crippen LogP contribution in [0.2, 0.25) is 0 Å². The van der Waals surface area contributed by atoms with Crippen LogP contribution in [-0.2, 0) is 40.4 Å². The zero-order valence-electron chi connectivity index (χ0n) is 30.1. The van der Waals surface area contributed by atoms with Crippen molar-refractivity contribution >= 4 is 40.4 Å². The number of carbonyl (C=O) groups excluding carboxylic acids is 4. The summed E-state index contributed by atoms with van der Waals surface area (Å²) in [5.74, 6) is -0.865. The van der Waals surface area contributed by atoms with Gasteiger partial charge in [-0.15, -0.1) is 6.58 Å². The summed E-state index contributed by atoms with van der Waals surface area (Å²) in [6, 6.07) is 34.9. The van der Waals surface area contributed by atoms with Crippen LogP contribution in [0.25, 0.3) is 10.8 Å². The fraction of sp³-hybridized carbons (Fsp3) is 0.209. The van der Waals surface area contributed by atoms with Crippen molar-refractivity contribution in [1.29, 1.82) is 0 Å². The number of carbonyl (C=O) groups is 4. The first-order valence-corrected chi connectivity index (χ1v) is 18.1. The van der Waals surface area contributed by atoms with E-state index in [1.165, 1.54) is 17.1 Å². The number of ether oxygens (including phenoxy) is 1. The van der Waals surface area contributed by atoms with Crippen molar-refractivity contribution in [2.24, 2.45) is 0 Å². The van der Waals surface area contributed by atoms with Gasteiger partial charge in [-0.3, -0.25) is 19.9 Å². The van der Waals surface area contributed by atoms with Crippen molar-refractivity contribution in [2.45, 2.75) is 38.3 Å². The van der Waals surface area contributed by atoms with Crippen LogP contribution in [0.4, 0.5) is 19.7 Å². The Bertz CT molecular complexity index is 2180. The topological polar surface area (TPSA) is 115 Å². The minimum atomic E-state index is -0.867. The first-order chi connectivity index (χ1) is 26.8. The van der Waals surface area contributed by atoms with Crippen LogP contribution in [0, 0.1) is 5.82 Å². The molecule has 0 aromatic heterocycles. The zero-order valence-corrected chi connectivity index (χ0v) is 30.1. The summed E-state index contributed by atoms with van der Waals surface area (Å²) in [5.41, 5.74) is 3.83. The van der Waals surface area contributed by atoms with E-state index in [0.717, 1.165) is 27.5 Å². The molecular formula is C43H41FN6O5. The molecule has 0 spiro atoms. The molecule has 0 unspecified atom stereocenters. The summed E-state index contributed by atoms with van der Waals surface area (Å²) in [6.45, 7) is 4.58. The van der Waals surface area contributed by atoms with Gasteiger partial charge < -0.3 is 19.9 Å². The lowest BCUT2D eigenvalue weighted by atomic mass is 9.98. The number of hydrogen-bond donors (Lipinski definition) is 2. The van der Waals surface area contributed by atoms with E-state index in [1.54, 1.807) is 45.2 Å². The van der Waals surface area contributed by atoms with E-state index in [4.69, 9.17) is 4.74 Å². The number of hydrogen-bond acceptors (Lipinski definition) is 6. The molecule has 5 amide bonds. The van der Waals surface area contributed by atoms with E-state index in [-0.39, 0.29) is 56.8 Å². The van der Waals surface area contributed by atoms with Crippen LogP contribution in [0.3, 0.4) is 0 Å². The molecule has 0 aliphatic carbocycles. The van der Waals surface area contributed by atoms with Gasteiger partial charge in [-0.1, -0.05) is 103 Å². The summed E-state index contributed by atoms with van der Waals surface area (Å²) in [7, 11) is 0. The number of urea groups is 1. The average molecular weight is 741 g/mol. The molecule has 12 heteroatoms. The Labute approximate surface area is 318 Å². The van der Waals surface area contributed by atoms with Crippen molar-refractivity contribution in [3.05, 3.63) is 162 Å². The van der Waals surface area contributed by atoms with E-state index >= 15 is 0 Å². The molecule has 2 saturated heterocycles. The first-order valence-electron chi connectivity index (χ1n) is 18.1. The van der Waals surface area contributed by atoms with Gasteiger partial charge in [-0.2, -0.15) is 5.01 Å². The van der Waals surface area contributed by atoms with Crippen LogP contribution in [0.15, 0.2) is 134 Å². The standard InChI is InChI=1S/C43H41FN6O5/c1-2-23-48(42(53)45-25-31-15-19-35(44)20-16-31)49-28-40(51)50-38(24-30-17-21-36(22-18-30)46-43(54)55-29-32-9-4-3-5-10-32)41(52)47(27-39(49)50)26-34-13-8-12-33-11-6-7-14-37(33)34/h2-22,38-39H,1,23-29H2,(H,45,53)(H,46,54)/t38-,39+/m0/s1. The third-order valence-corrected chi connectivity index (χ3v) is 9.85. The van der Waals surface area contributed by atoms with Gasteiger partial charge in [-0.25, -0.2) is 14.0 Å². The van der Waals surface area contributed by atoms with Crippen LogP contribution < -0.4 is 10.6 Å². The Morgan fingerprint density at radius 2 is 1.56 bits per heavy atom. The number of piperazine rings is 1.